The van der Waals surface area contributed by atoms with Crippen molar-refractivity contribution in [1.82, 2.24) is 20.6 Å². The molecule has 0 saturated carbocycles. The van der Waals surface area contributed by atoms with Crippen LogP contribution in [0.25, 0.3) is 6.08 Å². The first-order chi connectivity index (χ1) is 9.88. The van der Waals surface area contributed by atoms with Gasteiger partial charge in [-0.3, -0.25) is 35.0 Å². The molecule has 1 aromatic rings. The largest absolute Gasteiger partial charge is 0.494 e. The van der Waals surface area contributed by atoms with Crippen LogP contribution in [-0.2, 0) is 9.59 Å². The maximum atomic E-state index is 11.4. The Labute approximate surface area is 115 Å². The van der Waals surface area contributed by atoms with Crippen LogP contribution in [0, 0.1) is 0 Å². The Morgan fingerprint density at radius 1 is 0.905 bits per heavy atom. The molecule has 0 radical (unpaired) electrons. The van der Waals surface area contributed by atoms with Crippen LogP contribution in [-0.4, -0.2) is 32.9 Å². The van der Waals surface area contributed by atoms with Crippen LogP contribution in [0.15, 0.2) is 27.3 Å². The number of amides is 4. The van der Waals surface area contributed by atoms with Crippen molar-refractivity contribution in [1.29, 1.82) is 0 Å². The Balaban J connectivity index is 2.31. The Bertz CT molecular complexity index is 791. The average molecular weight is 292 g/mol. The second-order valence-electron chi connectivity index (χ2n) is 3.85. The third-order valence-corrected chi connectivity index (χ3v) is 2.43. The number of hydrogen-bond acceptors (Lipinski definition) is 6. The number of carbonyl (C=O) groups is 3. The van der Waals surface area contributed by atoms with Gasteiger partial charge in [-0.1, -0.05) is 6.08 Å². The number of urea groups is 1. The highest BCUT2D eigenvalue weighted by Gasteiger charge is 2.26. The van der Waals surface area contributed by atoms with E-state index < -0.39 is 35.0 Å². The molecule has 1 aromatic heterocycles. The quantitative estimate of drug-likeness (QED) is 0.315. The van der Waals surface area contributed by atoms with E-state index in [-0.39, 0.29) is 11.1 Å². The summed E-state index contributed by atoms with van der Waals surface area (Å²) in [5, 5.41) is 13.1. The number of aromatic amines is 2. The van der Waals surface area contributed by atoms with Crippen molar-refractivity contribution in [3.8, 4) is 5.88 Å². The van der Waals surface area contributed by atoms with Crippen molar-refractivity contribution in [3.63, 3.8) is 0 Å². The number of H-pyrrole nitrogens is 2. The van der Waals surface area contributed by atoms with Crippen LogP contribution < -0.4 is 21.9 Å². The molecule has 0 aliphatic carbocycles. The van der Waals surface area contributed by atoms with E-state index >= 15 is 0 Å². The summed E-state index contributed by atoms with van der Waals surface area (Å²) >= 11 is 0. The second-order valence-corrected chi connectivity index (χ2v) is 3.85. The molecule has 10 nitrogen and oxygen atoms in total. The number of barbiturate groups is 1. The third kappa shape index (κ3) is 2.94. The van der Waals surface area contributed by atoms with Gasteiger partial charge in [0.15, 0.2) is 0 Å². The molecular weight excluding hydrogens is 284 g/mol. The normalized spacial score (nSPS) is 15.0. The maximum absolute atomic E-state index is 11.4. The van der Waals surface area contributed by atoms with Crippen molar-refractivity contribution in [3.05, 3.63) is 44.1 Å². The Morgan fingerprint density at radius 3 is 2.10 bits per heavy atom. The summed E-state index contributed by atoms with van der Waals surface area (Å²) in [6, 6.07) is -0.930. The maximum Gasteiger partial charge on any atom is 0.328 e. The third-order valence-electron chi connectivity index (χ3n) is 2.43. The highest BCUT2D eigenvalue weighted by molar-refractivity contribution is 6.29. The first-order valence-electron chi connectivity index (χ1n) is 5.49. The minimum absolute atomic E-state index is 0.265. The van der Waals surface area contributed by atoms with E-state index in [0.717, 1.165) is 18.2 Å². The summed E-state index contributed by atoms with van der Waals surface area (Å²) in [5.41, 5.74) is -2.35. The second kappa shape index (κ2) is 5.28. The van der Waals surface area contributed by atoms with Gasteiger partial charge in [-0.2, -0.15) is 0 Å². The molecule has 0 aromatic carbocycles. The zero-order valence-corrected chi connectivity index (χ0v) is 10.2. The topological polar surface area (TPSA) is 161 Å². The van der Waals surface area contributed by atoms with Crippen molar-refractivity contribution >= 4 is 23.9 Å². The van der Waals surface area contributed by atoms with Gasteiger partial charge in [0.2, 0.25) is 5.88 Å². The summed E-state index contributed by atoms with van der Waals surface area (Å²) in [5.74, 6) is -2.45. The summed E-state index contributed by atoms with van der Waals surface area (Å²) in [6.45, 7) is 0. The molecular formula is C11H8N4O6. The number of rotatable bonds is 2. The predicted molar refractivity (Wildman–Crippen MR) is 68.1 cm³/mol. The average Bonchev–Trinajstić information content (AvgIpc) is 2.34. The smallest absolute Gasteiger partial charge is 0.328 e. The Hall–Kier alpha value is -3.43. The molecule has 21 heavy (non-hydrogen) atoms. The van der Waals surface area contributed by atoms with E-state index in [0.29, 0.717) is 0 Å². The lowest BCUT2D eigenvalue weighted by Gasteiger charge is -2.12. The first-order valence-corrected chi connectivity index (χ1v) is 5.49. The van der Waals surface area contributed by atoms with Gasteiger partial charge in [-0.25, -0.2) is 9.59 Å². The van der Waals surface area contributed by atoms with Gasteiger partial charge in [0.25, 0.3) is 17.4 Å². The van der Waals surface area contributed by atoms with Crippen LogP contribution in [0.3, 0.4) is 0 Å². The minimum Gasteiger partial charge on any atom is -0.494 e. The van der Waals surface area contributed by atoms with Gasteiger partial charge in [-0.15, -0.1) is 0 Å². The van der Waals surface area contributed by atoms with Crippen molar-refractivity contribution in [2.75, 3.05) is 0 Å². The number of carbonyl (C=O) groups excluding carboxylic acids is 3. The van der Waals surface area contributed by atoms with Crippen LogP contribution >= 0.6 is 0 Å². The molecule has 4 amide bonds. The van der Waals surface area contributed by atoms with E-state index in [1.54, 1.807) is 0 Å². The number of aromatic hydroxyl groups is 1. The first kappa shape index (κ1) is 14.0. The molecule has 0 bridgehead atoms. The zero-order chi connectivity index (χ0) is 15.6. The van der Waals surface area contributed by atoms with Gasteiger partial charge in [0.1, 0.15) is 5.57 Å². The number of allylic oxidation sites excluding steroid dienone is 2. The number of hydrogen-bond donors (Lipinski definition) is 5. The summed E-state index contributed by atoms with van der Waals surface area (Å²) in [4.78, 5) is 59.7. The summed E-state index contributed by atoms with van der Waals surface area (Å²) in [7, 11) is 0. The fourth-order valence-corrected chi connectivity index (χ4v) is 1.51. The molecule has 1 aliphatic heterocycles. The van der Waals surface area contributed by atoms with Gasteiger partial charge in [0.05, 0.1) is 5.56 Å². The van der Waals surface area contributed by atoms with Crippen molar-refractivity contribution < 1.29 is 19.5 Å². The lowest BCUT2D eigenvalue weighted by molar-refractivity contribution is -0.124. The molecule has 108 valence electrons. The molecule has 5 N–H and O–H groups in total. The van der Waals surface area contributed by atoms with Crippen molar-refractivity contribution in [2.24, 2.45) is 0 Å². The van der Waals surface area contributed by atoms with E-state index in [4.69, 9.17) is 0 Å². The minimum atomic E-state index is -0.930. The van der Waals surface area contributed by atoms with Gasteiger partial charge in [0, 0.05) is 0 Å². The molecule has 1 saturated heterocycles. The number of imide groups is 2. The molecule has 0 spiro atoms. The molecule has 0 unspecified atom stereocenters. The monoisotopic (exact) mass is 292 g/mol. The molecule has 1 aliphatic rings. The van der Waals surface area contributed by atoms with Gasteiger partial charge < -0.3 is 5.11 Å². The Kier molecular flexibility index (Phi) is 3.52. The van der Waals surface area contributed by atoms with E-state index in [1.165, 1.54) is 0 Å². The van der Waals surface area contributed by atoms with Crippen LogP contribution in [0.2, 0.25) is 0 Å². The van der Waals surface area contributed by atoms with E-state index in [9.17, 15) is 29.1 Å². The molecule has 2 rings (SSSR count). The number of nitrogens with one attached hydrogen (secondary N) is 4. The fraction of sp³-hybridized carbons (Fsp3) is 0. The number of aromatic nitrogens is 2. The lowest BCUT2D eigenvalue weighted by Crippen LogP contribution is -2.51. The molecule has 1 fully saturated rings. The molecule has 10 heteroatoms. The summed E-state index contributed by atoms with van der Waals surface area (Å²) < 4.78 is 0. The standard InChI is InChI=1S/C11H8N4O6/c16-6-4(7(17)13-10(20)12-6)2-1-3-5-8(18)14-11(21)15-9(5)19/h1-3H,(H2,12,13,16,17,20)(H3,14,15,18,19,21). The SMILES string of the molecule is O=C1NC(=O)C(=CC=Cc2c(O)[nH]c(=O)[nH]c2=O)C(=O)N1. The fourth-order valence-electron chi connectivity index (χ4n) is 1.51. The van der Waals surface area contributed by atoms with Gasteiger partial charge >= 0.3 is 11.7 Å². The highest BCUT2D eigenvalue weighted by atomic mass is 16.3. The zero-order valence-electron chi connectivity index (χ0n) is 10.2. The van der Waals surface area contributed by atoms with Crippen LogP contribution in [0.5, 0.6) is 5.88 Å². The van der Waals surface area contributed by atoms with Crippen LogP contribution in [0.1, 0.15) is 5.56 Å². The molecule has 0 atom stereocenters. The molecule has 2 heterocycles. The highest BCUT2D eigenvalue weighted by Crippen LogP contribution is 2.08. The Morgan fingerprint density at radius 2 is 1.52 bits per heavy atom. The van der Waals surface area contributed by atoms with Crippen molar-refractivity contribution in [2.45, 2.75) is 0 Å². The van der Waals surface area contributed by atoms with E-state index in [2.05, 4.69) is 0 Å². The lowest BCUT2D eigenvalue weighted by atomic mass is 10.1. The van der Waals surface area contributed by atoms with Crippen LogP contribution in [0.4, 0.5) is 4.79 Å². The van der Waals surface area contributed by atoms with E-state index in [1.807, 2.05) is 20.6 Å². The summed E-state index contributed by atoms with van der Waals surface area (Å²) in [6.07, 6.45) is 3.25. The van der Waals surface area contributed by atoms with Gasteiger partial charge in [-0.05, 0) is 12.2 Å². The predicted octanol–water partition coefficient (Wildman–Crippen LogP) is -1.93.